The molecule has 154 valence electrons. The highest BCUT2D eigenvalue weighted by atomic mass is 17.0. The Kier molecular flexibility index (Phi) is 11.4. The third-order valence-electron chi connectivity index (χ3n) is 3.45. The predicted molar refractivity (Wildman–Crippen MR) is 97.6 cm³/mol. The molecule has 0 heterocycles. The SMILES string of the molecule is COCCN(C)C=O.Cc1cc(C(=O)N(C)CO[N+](=O)[O-])c(C=O)cc1C=O. The van der Waals surface area contributed by atoms with E-state index in [1.54, 1.807) is 21.1 Å². The molecule has 0 atom stereocenters. The van der Waals surface area contributed by atoms with Crippen molar-refractivity contribution in [2.45, 2.75) is 6.92 Å². The Balaban J connectivity index is 0.000000769. The van der Waals surface area contributed by atoms with E-state index in [9.17, 15) is 29.3 Å². The van der Waals surface area contributed by atoms with E-state index < -0.39 is 17.7 Å². The Bertz CT molecular complexity index is 708. The van der Waals surface area contributed by atoms with Gasteiger partial charge in [0.25, 0.3) is 11.0 Å². The van der Waals surface area contributed by atoms with E-state index >= 15 is 0 Å². The summed E-state index contributed by atoms with van der Waals surface area (Å²) in [4.78, 5) is 60.3. The molecule has 0 aliphatic rings. The van der Waals surface area contributed by atoms with Gasteiger partial charge in [-0.25, -0.2) is 0 Å². The lowest BCUT2D eigenvalue weighted by Crippen LogP contribution is -2.31. The van der Waals surface area contributed by atoms with E-state index in [0.29, 0.717) is 36.9 Å². The molecule has 1 aromatic carbocycles. The van der Waals surface area contributed by atoms with Crippen LogP contribution >= 0.6 is 0 Å². The van der Waals surface area contributed by atoms with Crippen LogP contribution in [0.1, 0.15) is 36.6 Å². The molecule has 1 aromatic rings. The van der Waals surface area contributed by atoms with Gasteiger partial charge in [-0.15, -0.1) is 10.1 Å². The summed E-state index contributed by atoms with van der Waals surface area (Å²) < 4.78 is 4.71. The van der Waals surface area contributed by atoms with Crippen molar-refractivity contribution in [3.05, 3.63) is 44.5 Å². The second-order valence-corrected chi connectivity index (χ2v) is 5.60. The monoisotopic (exact) mass is 397 g/mol. The molecule has 0 bridgehead atoms. The molecule has 0 saturated carbocycles. The van der Waals surface area contributed by atoms with Gasteiger partial charge in [0.1, 0.15) is 6.29 Å². The van der Waals surface area contributed by atoms with Crippen LogP contribution in [-0.4, -0.2) is 80.9 Å². The van der Waals surface area contributed by atoms with Crippen LogP contribution in [0.5, 0.6) is 0 Å². The van der Waals surface area contributed by atoms with Crippen LogP contribution in [0.2, 0.25) is 0 Å². The fraction of sp³-hybridized carbons (Fsp3) is 0.412. The minimum Gasteiger partial charge on any atom is -0.383 e. The van der Waals surface area contributed by atoms with Crippen molar-refractivity contribution in [3.8, 4) is 0 Å². The van der Waals surface area contributed by atoms with Gasteiger partial charge in [0.2, 0.25) is 6.41 Å². The summed E-state index contributed by atoms with van der Waals surface area (Å²) in [6.45, 7) is 2.33. The lowest BCUT2D eigenvalue weighted by molar-refractivity contribution is -0.761. The first-order valence-electron chi connectivity index (χ1n) is 7.94. The van der Waals surface area contributed by atoms with E-state index in [2.05, 4.69) is 4.84 Å². The Hall–Kier alpha value is -3.34. The smallest absolute Gasteiger partial charge is 0.296 e. The van der Waals surface area contributed by atoms with Crippen molar-refractivity contribution in [1.29, 1.82) is 0 Å². The molecule has 0 fully saturated rings. The predicted octanol–water partition coefficient (Wildman–Crippen LogP) is 0.579. The first kappa shape index (κ1) is 24.7. The Morgan fingerprint density at radius 3 is 2.25 bits per heavy atom. The van der Waals surface area contributed by atoms with Crippen molar-refractivity contribution in [3.63, 3.8) is 0 Å². The lowest BCUT2D eigenvalue weighted by atomic mass is 9.99. The van der Waals surface area contributed by atoms with E-state index in [1.807, 2.05) is 0 Å². The molecule has 2 amide bonds. The summed E-state index contributed by atoms with van der Waals surface area (Å²) >= 11 is 0. The molecule has 1 rings (SSSR count). The van der Waals surface area contributed by atoms with Gasteiger partial charge >= 0.3 is 0 Å². The van der Waals surface area contributed by atoms with Crippen LogP contribution in [0.3, 0.4) is 0 Å². The molecule has 0 aliphatic heterocycles. The molecule has 11 heteroatoms. The zero-order chi connectivity index (χ0) is 21.7. The molecule has 28 heavy (non-hydrogen) atoms. The first-order chi connectivity index (χ1) is 13.2. The summed E-state index contributed by atoms with van der Waals surface area (Å²) in [5.41, 5.74) is 0.915. The van der Waals surface area contributed by atoms with Crippen molar-refractivity contribution in [2.75, 3.05) is 41.1 Å². The molecular weight excluding hydrogens is 374 g/mol. The molecular formula is C17H23N3O8. The number of carbonyl (C=O) groups is 4. The van der Waals surface area contributed by atoms with Crippen molar-refractivity contribution in [1.82, 2.24) is 9.80 Å². The third kappa shape index (κ3) is 8.36. The normalized spacial score (nSPS) is 9.43. The first-order valence-corrected chi connectivity index (χ1v) is 7.94. The largest absolute Gasteiger partial charge is 0.383 e. The zero-order valence-corrected chi connectivity index (χ0v) is 16.1. The topological polar surface area (TPSA) is 136 Å². The molecule has 0 spiro atoms. The molecule has 0 unspecified atom stereocenters. The van der Waals surface area contributed by atoms with E-state index in [1.165, 1.54) is 24.1 Å². The number of methoxy groups -OCH3 is 1. The number of benzene rings is 1. The Morgan fingerprint density at radius 1 is 1.18 bits per heavy atom. The number of aryl methyl sites for hydroxylation is 1. The Labute approximate surface area is 161 Å². The van der Waals surface area contributed by atoms with Gasteiger partial charge in [-0.05, 0) is 24.6 Å². The molecule has 0 radical (unpaired) electrons. The highest BCUT2D eigenvalue weighted by Crippen LogP contribution is 2.16. The highest BCUT2D eigenvalue weighted by Gasteiger charge is 2.18. The summed E-state index contributed by atoms with van der Waals surface area (Å²) in [5.74, 6) is -0.616. The summed E-state index contributed by atoms with van der Waals surface area (Å²) in [6, 6.07) is 2.68. The number of hydrogen-bond acceptors (Lipinski definition) is 8. The number of hydrogen-bond donors (Lipinski definition) is 0. The van der Waals surface area contributed by atoms with E-state index in [-0.39, 0.29) is 11.1 Å². The maximum atomic E-state index is 12.1. The second kappa shape index (κ2) is 12.9. The standard InChI is InChI=1S/C12H12N2O6.C5H11NO2/c1-8-3-11(10(6-16)4-9(8)5-15)12(17)13(2)7-20-14(18)19;1-6(5-7)3-4-8-2/h3-6H,7H2,1-2H3;5H,3-4H2,1-2H3. The highest BCUT2D eigenvalue weighted by molar-refractivity contribution is 6.02. The van der Waals surface area contributed by atoms with Gasteiger partial charge in [0.05, 0.1) is 12.2 Å². The molecule has 11 nitrogen and oxygen atoms in total. The van der Waals surface area contributed by atoms with Crippen LogP contribution < -0.4 is 0 Å². The second-order valence-electron chi connectivity index (χ2n) is 5.60. The average Bonchev–Trinajstić information content (AvgIpc) is 2.69. The van der Waals surface area contributed by atoms with Crippen molar-refractivity contribution in [2.24, 2.45) is 0 Å². The van der Waals surface area contributed by atoms with Gasteiger partial charge in [0.15, 0.2) is 13.0 Å². The van der Waals surface area contributed by atoms with Crippen LogP contribution in [-0.2, 0) is 14.4 Å². The molecule has 0 saturated heterocycles. The number of carbonyl (C=O) groups excluding carboxylic acids is 4. The number of likely N-dealkylation sites (N-methyl/N-ethyl adjacent to an activating group) is 1. The van der Waals surface area contributed by atoms with Gasteiger partial charge < -0.3 is 14.5 Å². The van der Waals surface area contributed by atoms with Gasteiger partial charge in [-0.1, -0.05) is 0 Å². The zero-order valence-electron chi connectivity index (χ0n) is 16.1. The fourth-order valence-electron chi connectivity index (χ4n) is 1.84. The minimum atomic E-state index is -1.02. The molecule has 0 aromatic heterocycles. The number of rotatable bonds is 10. The van der Waals surface area contributed by atoms with Gasteiger partial charge in [-0.3, -0.25) is 24.0 Å². The van der Waals surface area contributed by atoms with E-state index in [0.717, 1.165) is 11.3 Å². The van der Waals surface area contributed by atoms with E-state index in [4.69, 9.17) is 4.74 Å². The maximum absolute atomic E-state index is 12.1. The van der Waals surface area contributed by atoms with Crippen LogP contribution in [0.4, 0.5) is 0 Å². The third-order valence-corrected chi connectivity index (χ3v) is 3.45. The number of nitrogens with zero attached hydrogens (tertiary/aromatic N) is 3. The summed E-state index contributed by atoms with van der Waals surface area (Å²) in [5, 5.41) is 9.05. The average molecular weight is 397 g/mol. The number of aldehydes is 2. The van der Waals surface area contributed by atoms with Crippen molar-refractivity contribution < 1.29 is 33.8 Å². The Morgan fingerprint density at radius 2 is 1.79 bits per heavy atom. The van der Waals surface area contributed by atoms with Crippen LogP contribution in [0.25, 0.3) is 0 Å². The number of ether oxygens (including phenoxy) is 1. The van der Waals surface area contributed by atoms with Gasteiger partial charge in [-0.2, -0.15) is 0 Å². The van der Waals surface area contributed by atoms with Crippen molar-refractivity contribution >= 4 is 24.9 Å². The quantitative estimate of drug-likeness (QED) is 0.242. The van der Waals surface area contributed by atoms with Gasteiger partial charge in [0, 0.05) is 38.9 Å². The lowest BCUT2D eigenvalue weighted by Gasteiger charge is -2.17. The molecule has 0 N–H and O–H groups in total. The summed E-state index contributed by atoms with van der Waals surface area (Å²) in [6.07, 6.45) is 1.80. The molecule has 0 aliphatic carbocycles. The minimum absolute atomic E-state index is 0.0376. The number of amides is 2. The van der Waals surface area contributed by atoms with Crippen LogP contribution in [0.15, 0.2) is 12.1 Å². The van der Waals surface area contributed by atoms with Crippen LogP contribution in [0, 0.1) is 17.0 Å². The fourth-order valence-corrected chi connectivity index (χ4v) is 1.84. The maximum Gasteiger partial charge on any atom is 0.296 e. The summed E-state index contributed by atoms with van der Waals surface area (Å²) in [7, 11) is 4.62.